The van der Waals surface area contributed by atoms with Crippen molar-refractivity contribution in [2.24, 2.45) is 0 Å². The van der Waals surface area contributed by atoms with Crippen LogP contribution >= 0.6 is 12.4 Å². The van der Waals surface area contributed by atoms with E-state index in [1.165, 1.54) is 25.7 Å². The molecule has 7 heteroatoms. The van der Waals surface area contributed by atoms with Gasteiger partial charge in [-0.1, -0.05) is 32.6 Å². The van der Waals surface area contributed by atoms with Crippen LogP contribution in [0.5, 0.6) is 0 Å². The van der Waals surface area contributed by atoms with Crippen molar-refractivity contribution in [1.29, 1.82) is 0 Å². The van der Waals surface area contributed by atoms with Crippen LogP contribution in [0.15, 0.2) is 4.79 Å². The van der Waals surface area contributed by atoms with E-state index in [1.54, 1.807) is 0 Å². The van der Waals surface area contributed by atoms with Gasteiger partial charge in [-0.3, -0.25) is 9.78 Å². The third-order valence-electron chi connectivity index (χ3n) is 3.21. The molecule has 1 aliphatic rings. The maximum Gasteiger partial charge on any atom is 0.277 e. The lowest BCUT2D eigenvalue weighted by Gasteiger charge is -2.26. The Kier molecular flexibility index (Phi) is 5.95. The zero-order valence-corrected chi connectivity index (χ0v) is 12.0. The highest BCUT2D eigenvalue weighted by Crippen LogP contribution is 2.21. The number of rotatable bonds is 5. The van der Waals surface area contributed by atoms with Gasteiger partial charge in [-0.15, -0.1) is 12.4 Å². The molecule has 0 saturated carbocycles. The standard InChI is InChI=1S/C12H21N5O.ClH/c1-2-3-4-5-6-8-7-14-10-9(15-8)11(18)17-12(13)16-10;/h8,15H,2-7H2,1H3,(H4,13,14,16,17,18);1H. The molecule has 0 fully saturated rings. The third-order valence-corrected chi connectivity index (χ3v) is 3.21. The minimum Gasteiger partial charge on any atom is -0.373 e. The second-order valence-corrected chi connectivity index (χ2v) is 4.75. The second kappa shape index (κ2) is 7.23. The molecule has 1 aromatic rings. The molecule has 2 heterocycles. The van der Waals surface area contributed by atoms with Crippen LogP contribution < -0.4 is 21.9 Å². The highest BCUT2D eigenvalue weighted by Gasteiger charge is 2.20. The number of unbranched alkanes of at least 4 members (excludes halogenated alkanes) is 3. The summed E-state index contributed by atoms with van der Waals surface area (Å²) in [5.41, 5.74) is 5.80. The molecule has 5 N–H and O–H groups in total. The van der Waals surface area contributed by atoms with Gasteiger partial charge >= 0.3 is 0 Å². The molecule has 1 atom stereocenters. The number of hydrogen-bond acceptors (Lipinski definition) is 5. The van der Waals surface area contributed by atoms with E-state index in [1.807, 2.05) is 0 Å². The molecule has 1 unspecified atom stereocenters. The molecular weight excluding hydrogens is 266 g/mol. The van der Waals surface area contributed by atoms with Gasteiger partial charge in [0, 0.05) is 12.6 Å². The normalized spacial score (nSPS) is 16.8. The number of hydrogen-bond donors (Lipinski definition) is 4. The van der Waals surface area contributed by atoms with E-state index in [0.717, 1.165) is 13.0 Å². The molecular formula is C12H22ClN5O. The van der Waals surface area contributed by atoms with Crippen molar-refractivity contribution in [2.45, 2.75) is 45.1 Å². The molecule has 1 aliphatic heterocycles. The van der Waals surface area contributed by atoms with Crippen molar-refractivity contribution in [1.82, 2.24) is 9.97 Å². The Balaban J connectivity index is 0.00000180. The summed E-state index contributed by atoms with van der Waals surface area (Å²) in [4.78, 5) is 18.3. The quantitative estimate of drug-likeness (QED) is 0.621. The van der Waals surface area contributed by atoms with Gasteiger partial charge in [0.15, 0.2) is 5.82 Å². The summed E-state index contributed by atoms with van der Waals surface area (Å²) in [5, 5.41) is 6.41. The van der Waals surface area contributed by atoms with Gasteiger partial charge in [0.1, 0.15) is 5.69 Å². The SMILES string of the molecule is CCCCCCC1CNc2nc(N)[nH]c(=O)c2N1.Cl. The highest BCUT2D eigenvalue weighted by molar-refractivity contribution is 5.85. The summed E-state index contributed by atoms with van der Waals surface area (Å²) in [6.07, 6.45) is 6.01. The van der Waals surface area contributed by atoms with Gasteiger partial charge in [-0.05, 0) is 6.42 Å². The number of nitrogens with two attached hydrogens (primary N) is 1. The number of nitrogens with one attached hydrogen (secondary N) is 3. The third kappa shape index (κ3) is 4.02. The number of fused-ring (bicyclic) bond motifs is 1. The number of aromatic nitrogens is 2. The molecule has 0 aromatic carbocycles. The summed E-state index contributed by atoms with van der Waals surface area (Å²) in [7, 11) is 0. The largest absolute Gasteiger partial charge is 0.373 e. The van der Waals surface area contributed by atoms with Crippen LogP contribution in [0.2, 0.25) is 0 Å². The Morgan fingerprint density at radius 2 is 2.16 bits per heavy atom. The fourth-order valence-electron chi connectivity index (χ4n) is 2.22. The van der Waals surface area contributed by atoms with Crippen molar-refractivity contribution in [3.05, 3.63) is 10.4 Å². The Morgan fingerprint density at radius 1 is 1.37 bits per heavy atom. The molecule has 0 amide bonds. The zero-order chi connectivity index (χ0) is 13.0. The average molecular weight is 288 g/mol. The van der Waals surface area contributed by atoms with Crippen molar-refractivity contribution in [2.75, 3.05) is 22.9 Å². The Labute approximate surface area is 119 Å². The average Bonchev–Trinajstić information content (AvgIpc) is 2.35. The number of halogens is 1. The number of nitrogens with zero attached hydrogens (tertiary/aromatic N) is 1. The number of H-pyrrole nitrogens is 1. The van der Waals surface area contributed by atoms with Gasteiger partial charge < -0.3 is 16.4 Å². The lowest BCUT2D eigenvalue weighted by atomic mass is 10.1. The van der Waals surface area contributed by atoms with Gasteiger partial charge in [0.2, 0.25) is 5.95 Å². The summed E-state index contributed by atoms with van der Waals surface area (Å²) in [6.45, 7) is 2.99. The van der Waals surface area contributed by atoms with Crippen LogP contribution in [0.1, 0.15) is 39.0 Å². The van der Waals surface area contributed by atoms with Crippen LogP contribution in [-0.2, 0) is 0 Å². The number of anilines is 3. The minimum absolute atomic E-state index is 0. The van der Waals surface area contributed by atoms with Crippen LogP contribution in [0, 0.1) is 0 Å². The Morgan fingerprint density at radius 3 is 2.89 bits per heavy atom. The lowest BCUT2D eigenvalue weighted by Crippen LogP contribution is -2.37. The predicted molar refractivity (Wildman–Crippen MR) is 81.2 cm³/mol. The summed E-state index contributed by atoms with van der Waals surface area (Å²) < 4.78 is 0. The van der Waals surface area contributed by atoms with E-state index in [0.29, 0.717) is 17.5 Å². The van der Waals surface area contributed by atoms with Crippen LogP contribution in [0.4, 0.5) is 17.5 Å². The molecule has 0 bridgehead atoms. The lowest BCUT2D eigenvalue weighted by molar-refractivity contribution is 0.577. The van der Waals surface area contributed by atoms with E-state index in [-0.39, 0.29) is 23.9 Å². The van der Waals surface area contributed by atoms with Crippen molar-refractivity contribution >= 4 is 29.9 Å². The van der Waals surface area contributed by atoms with Crippen molar-refractivity contribution < 1.29 is 0 Å². The first kappa shape index (κ1) is 15.6. The Hall–Kier alpha value is -1.43. The van der Waals surface area contributed by atoms with E-state index in [4.69, 9.17) is 5.73 Å². The van der Waals surface area contributed by atoms with Gasteiger partial charge in [-0.25, -0.2) is 0 Å². The summed E-state index contributed by atoms with van der Waals surface area (Å²) >= 11 is 0. The zero-order valence-electron chi connectivity index (χ0n) is 11.2. The fourth-order valence-corrected chi connectivity index (χ4v) is 2.22. The molecule has 0 radical (unpaired) electrons. The van der Waals surface area contributed by atoms with Crippen LogP contribution in [0.3, 0.4) is 0 Å². The van der Waals surface area contributed by atoms with E-state index in [9.17, 15) is 4.79 Å². The Bertz CT molecular complexity index is 462. The van der Waals surface area contributed by atoms with Gasteiger partial charge in [0.25, 0.3) is 5.56 Å². The van der Waals surface area contributed by atoms with Gasteiger partial charge in [-0.2, -0.15) is 4.98 Å². The fraction of sp³-hybridized carbons (Fsp3) is 0.667. The second-order valence-electron chi connectivity index (χ2n) is 4.75. The monoisotopic (exact) mass is 287 g/mol. The smallest absolute Gasteiger partial charge is 0.277 e. The van der Waals surface area contributed by atoms with E-state index >= 15 is 0 Å². The number of aromatic amines is 1. The highest BCUT2D eigenvalue weighted by atomic mass is 35.5. The van der Waals surface area contributed by atoms with Crippen molar-refractivity contribution in [3.63, 3.8) is 0 Å². The topological polar surface area (TPSA) is 95.8 Å². The molecule has 19 heavy (non-hydrogen) atoms. The molecule has 0 saturated heterocycles. The first-order valence-corrected chi connectivity index (χ1v) is 6.61. The predicted octanol–water partition coefficient (Wildman–Crippen LogP) is 1.95. The first-order valence-electron chi connectivity index (χ1n) is 6.61. The molecule has 2 rings (SSSR count). The molecule has 6 nitrogen and oxygen atoms in total. The number of nitrogen functional groups attached to an aromatic ring is 1. The van der Waals surface area contributed by atoms with E-state index < -0.39 is 0 Å². The van der Waals surface area contributed by atoms with Crippen LogP contribution in [-0.4, -0.2) is 22.6 Å². The van der Waals surface area contributed by atoms with E-state index in [2.05, 4.69) is 27.5 Å². The van der Waals surface area contributed by atoms with Gasteiger partial charge in [0.05, 0.1) is 0 Å². The first-order chi connectivity index (χ1) is 8.70. The summed E-state index contributed by atoms with van der Waals surface area (Å²) in [6, 6.07) is 0.292. The molecule has 0 spiro atoms. The minimum atomic E-state index is -0.205. The summed E-state index contributed by atoms with van der Waals surface area (Å²) in [5.74, 6) is 0.704. The maximum atomic E-state index is 11.7. The molecule has 108 valence electrons. The molecule has 1 aromatic heterocycles. The van der Waals surface area contributed by atoms with Crippen LogP contribution in [0.25, 0.3) is 0 Å². The molecule has 0 aliphatic carbocycles. The maximum absolute atomic E-state index is 11.7. The van der Waals surface area contributed by atoms with Crippen molar-refractivity contribution in [3.8, 4) is 0 Å².